The van der Waals surface area contributed by atoms with Gasteiger partial charge in [-0.1, -0.05) is 36.8 Å². The molecule has 0 fully saturated rings. The van der Waals surface area contributed by atoms with Gasteiger partial charge in [0.15, 0.2) is 5.11 Å². The van der Waals surface area contributed by atoms with Gasteiger partial charge in [0.25, 0.3) is 0 Å². The van der Waals surface area contributed by atoms with Crippen LogP contribution < -0.4 is 10.6 Å². The van der Waals surface area contributed by atoms with E-state index in [1.54, 1.807) is 19.1 Å². The van der Waals surface area contributed by atoms with Crippen LogP contribution in [0.5, 0.6) is 0 Å². The predicted octanol–water partition coefficient (Wildman–Crippen LogP) is 4.61. The Bertz CT molecular complexity index is 711. The van der Waals surface area contributed by atoms with Crippen LogP contribution in [-0.2, 0) is 4.74 Å². The van der Waals surface area contributed by atoms with Crippen LogP contribution in [0.25, 0.3) is 0 Å². The van der Waals surface area contributed by atoms with Crippen LogP contribution in [0.1, 0.15) is 47.8 Å². The molecule has 0 bridgehead atoms. The first-order chi connectivity index (χ1) is 12.0. The van der Waals surface area contributed by atoms with Gasteiger partial charge in [-0.15, -0.1) is 0 Å². The normalized spacial score (nSPS) is 11.5. The first-order valence-electron chi connectivity index (χ1n) is 8.44. The van der Waals surface area contributed by atoms with Crippen molar-refractivity contribution in [2.24, 2.45) is 0 Å². The van der Waals surface area contributed by atoms with Crippen LogP contribution in [0.15, 0.2) is 48.5 Å². The number of carbonyl (C=O) groups is 1. The largest absolute Gasteiger partial charge is 0.462 e. The van der Waals surface area contributed by atoms with E-state index in [0.717, 1.165) is 12.1 Å². The van der Waals surface area contributed by atoms with Crippen molar-refractivity contribution in [2.45, 2.75) is 33.2 Å². The second-order valence-corrected chi connectivity index (χ2v) is 6.18. The van der Waals surface area contributed by atoms with E-state index >= 15 is 0 Å². The Kier molecular flexibility index (Phi) is 6.95. The summed E-state index contributed by atoms with van der Waals surface area (Å²) in [7, 11) is 0. The topological polar surface area (TPSA) is 50.4 Å². The number of nitrogens with one attached hydrogen (secondary N) is 2. The molecule has 1 atom stereocenters. The number of thiocarbonyl (C=S) groups is 1. The van der Waals surface area contributed by atoms with Crippen LogP contribution in [0.4, 0.5) is 5.69 Å². The summed E-state index contributed by atoms with van der Waals surface area (Å²) in [6.07, 6.45) is 0.923. The molecular formula is C20H24N2O2S. The second-order valence-electron chi connectivity index (χ2n) is 5.77. The molecule has 132 valence electrons. The highest BCUT2D eigenvalue weighted by molar-refractivity contribution is 7.80. The van der Waals surface area contributed by atoms with Crippen LogP contribution in [0.2, 0.25) is 0 Å². The van der Waals surface area contributed by atoms with E-state index in [9.17, 15) is 4.79 Å². The third-order valence-electron chi connectivity index (χ3n) is 3.85. The van der Waals surface area contributed by atoms with Gasteiger partial charge in [0, 0.05) is 5.69 Å². The Morgan fingerprint density at radius 1 is 1.08 bits per heavy atom. The molecule has 0 saturated carbocycles. The molecule has 0 unspecified atom stereocenters. The highest BCUT2D eigenvalue weighted by Gasteiger charge is 2.11. The molecule has 0 spiro atoms. The lowest BCUT2D eigenvalue weighted by molar-refractivity contribution is 0.0526. The quantitative estimate of drug-likeness (QED) is 0.585. The van der Waals surface area contributed by atoms with E-state index in [1.165, 1.54) is 11.1 Å². The zero-order valence-corrected chi connectivity index (χ0v) is 15.7. The van der Waals surface area contributed by atoms with E-state index in [2.05, 4.69) is 48.7 Å². The minimum atomic E-state index is -0.319. The highest BCUT2D eigenvalue weighted by Crippen LogP contribution is 2.18. The van der Waals surface area contributed by atoms with Crippen molar-refractivity contribution in [3.8, 4) is 0 Å². The summed E-state index contributed by atoms with van der Waals surface area (Å²) < 4.78 is 4.98. The van der Waals surface area contributed by atoms with Crippen molar-refractivity contribution in [3.63, 3.8) is 0 Å². The van der Waals surface area contributed by atoms with Gasteiger partial charge in [-0.2, -0.15) is 0 Å². The first-order valence-corrected chi connectivity index (χ1v) is 8.85. The fraction of sp³-hybridized carbons (Fsp3) is 0.300. The molecule has 2 N–H and O–H groups in total. The molecule has 0 heterocycles. The van der Waals surface area contributed by atoms with E-state index in [4.69, 9.17) is 17.0 Å². The Balaban J connectivity index is 1.96. The summed E-state index contributed by atoms with van der Waals surface area (Å²) in [5.74, 6) is -0.319. The summed E-state index contributed by atoms with van der Waals surface area (Å²) in [4.78, 5) is 11.7. The van der Waals surface area contributed by atoms with Crippen LogP contribution in [0.3, 0.4) is 0 Å². The number of benzene rings is 2. The summed E-state index contributed by atoms with van der Waals surface area (Å²) >= 11 is 5.42. The van der Waals surface area contributed by atoms with Crippen molar-refractivity contribution < 1.29 is 9.53 Å². The van der Waals surface area contributed by atoms with E-state index in [0.29, 0.717) is 17.3 Å². The molecule has 25 heavy (non-hydrogen) atoms. The Morgan fingerprint density at radius 3 is 2.28 bits per heavy atom. The van der Waals surface area contributed by atoms with Crippen LogP contribution in [0, 0.1) is 6.92 Å². The van der Waals surface area contributed by atoms with Crippen LogP contribution >= 0.6 is 12.2 Å². The zero-order chi connectivity index (χ0) is 18.2. The van der Waals surface area contributed by atoms with Gasteiger partial charge in [0.05, 0.1) is 18.2 Å². The fourth-order valence-corrected chi connectivity index (χ4v) is 2.71. The number of hydrogen-bond donors (Lipinski definition) is 2. The van der Waals surface area contributed by atoms with Gasteiger partial charge in [-0.3, -0.25) is 0 Å². The van der Waals surface area contributed by atoms with Gasteiger partial charge in [0.1, 0.15) is 0 Å². The Labute approximate surface area is 154 Å². The summed E-state index contributed by atoms with van der Waals surface area (Å²) in [5, 5.41) is 7.04. The van der Waals surface area contributed by atoms with Crippen molar-refractivity contribution in [1.29, 1.82) is 0 Å². The number of aryl methyl sites for hydroxylation is 1. The smallest absolute Gasteiger partial charge is 0.338 e. The molecule has 0 aliphatic rings. The molecule has 4 nitrogen and oxygen atoms in total. The van der Waals surface area contributed by atoms with Gasteiger partial charge < -0.3 is 15.4 Å². The molecule has 2 aromatic carbocycles. The molecule has 0 amide bonds. The van der Waals surface area contributed by atoms with Gasteiger partial charge in [-0.25, -0.2) is 4.79 Å². The molecule has 0 aromatic heterocycles. The number of hydrogen-bond acceptors (Lipinski definition) is 3. The molecule has 0 aliphatic heterocycles. The van der Waals surface area contributed by atoms with Crippen molar-refractivity contribution in [3.05, 3.63) is 65.2 Å². The first kappa shape index (κ1) is 18.9. The maximum atomic E-state index is 11.7. The van der Waals surface area contributed by atoms with Crippen LogP contribution in [-0.4, -0.2) is 17.7 Å². The number of esters is 1. The number of anilines is 1. The van der Waals surface area contributed by atoms with Crippen molar-refractivity contribution in [2.75, 3.05) is 11.9 Å². The molecule has 0 aliphatic carbocycles. The van der Waals surface area contributed by atoms with E-state index in [-0.39, 0.29) is 12.0 Å². The lowest BCUT2D eigenvalue weighted by atomic mass is 10.0. The average molecular weight is 356 g/mol. The van der Waals surface area contributed by atoms with Gasteiger partial charge in [0.2, 0.25) is 0 Å². The molecular weight excluding hydrogens is 332 g/mol. The monoisotopic (exact) mass is 356 g/mol. The third-order valence-corrected chi connectivity index (χ3v) is 4.07. The van der Waals surface area contributed by atoms with Gasteiger partial charge in [-0.05, 0) is 62.3 Å². The average Bonchev–Trinajstić information content (AvgIpc) is 2.61. The maximum absolute atomic E-state index is 11.7. The minimum Gasteiger partial charge on any atom is -0.462 e. The summed E-state index contributed by atoms with van der Waals surface area (Å²) in [6, 6.07) is 15.7. The van der Waals surface area contributed by atoms with Crippen molar-refractivity contribution >= 4 is 29.0 Å². The Morgan fingerprint density at radius 2 is 1.72 bits per heavy atom. The molecule has 0 saturated heterocycles. The second kappa shape index (κ2) is 9.18. The number of rotatable bonds is 6. The molecule has 2 aromatic rings. The highest BCUT2D eigenvalue weighted by atomic mass is 32.1. The number of ether oxygens (including phenoxy) is 1. The Hall–Kier alpha value is -2.40. The molecule has 2 rings (SSSR count). The molecule has 0 radical (unpaired) electrons. The fourth-order valence-electron chi connectivity index (χ4n) is 2.45. The minimum absolute atomic E-state index is 0.152. The summed E-state index contributed by atoms with van der Waals surface area (Å²) in [5.41, 5.74) is 3.79. The maximum Gasteiger partial charge on any atom is 0.338 e. The number of carbonyl (C=O) groups excluding carboxylic acids is 1. The van der Waals surface area contributed by atoms with Gasteiger partial charge >= 0.3 is 5.97 Å². The van der Waals surface area contributed by atoms with E-state index < -0.39 is 0 Å². The van der Waals surface area contributed by atoms with Crippen molar-refractivity contribution in [1.82, 2.24) is 5.32 Å². The standard InChI is InChI=1S/C20H24N2O2S/c1-4-18(15-8-6-14(3)7-9-15)22-20(25)21-17-12-10-16(11-13-17)19(23)24-5-2/h6-13,18H,4-5H2,1-3H3,(H2,21,22,25)/t18-/m0/s1. The van der Waals surface area contributed by atoms with E-state index in [1.807, 2.05) is 12.1 Å². The SMILES string of the molecule is CCOC(=O)c1ccc(NC(=S)N[C@@H](CC)c2ccc(C)cc2)cc1. The lowest BCUT2D eigenvalue weighted by Crippen LogP contribution is -2.32. The third kappa shape index (κ3) is 5.57. The summed E-state index contributed by atoms with van der Waals surface area (Å²) in [6.45, 7) is 6.35. The molecule has 5 heteroatoms. The predicted molar refractivity (Wildman–Crippen MR) is 106 cm³/mol. The lowest BCUT2D eigenvalue weighted by Gasteiger charge is -2.20. The zero-order valence-electron chi connectivity index (χ0n) is 14.8.